The molecule has 0 aromatic heterocycles. The lowest BCUT2D eigenvalue weighted by Crippen LogP contribution is -2.42. The van der Waals surface area contributed by atoms with E-state index in [1.54, 1.807) is 24.1 Å². The van der Waals surface area contributed by atoms with E-state index in [1.165, 1.54) is 7.11 Å². The third kappa shape index (κ3) is 5.07. The molecule has 1 heterocycles. The quantitative estimate of drug-likeness (QED) is 0.551. The molecule has 1 saturated heterocycles. The van der Waals surface area contributed by atoms with Crippen molar-refractivity contribution in [2.75, 3.05) is 27.3 Å². The first kappa shape index (κ1) is 19.9. The highest BCUT2D eigenvalue weighted by molar-refractivity contribution is 5.99. The number of hydrogen-bond donors (Lipinski definition) is 0. The number of ketones is 1. The van der Waals surface area contributed by atoms with Gasteiger partial charge in [-0.3, -0.25) is 14.4 Å². The van der Waals surface area contributed by atoms with Gasteiger partial charge in [-0.05, 0) is 49.9 Å². The highest BCUT2D eigenvalue weighted by Crippen LogP contribution is 2.25. The van der Waals surface area contributed by atoms with E-state index in [0.717, 1.165) is 24.2 Å². The van der Waals surface area contributed by atoms with Crippen LogP contribution in [0.5, 0.6) is 5.75 Å². The number of Topliss-reactive ketones (excluding diaryl/α,β-unsaturated/α-hetero) is 1. The van der Waals surface area contributed by atoms with Crippen LogP contribution in [0.3, 0.4) is 0 Å². The summed E-state index contributed by atoms with van der Waals surface area (Å²) in [5.74, 6) is 0.319. The molecule has 1 aromatic rings. The van der Waals surface area contributed by atoms with Crippen LogP contribution in [0.2, 0.25) is 0 Å². The van der Waals surface area contributed by atoms with Gasteiger partial charge in [0.15, 0.2) is 5.78 Å². The molecule has 1 aromatic carbocycles. The normalized spacial score (nSPS) is 16.9. The summed E-state index contributed by atoms with van der Waals surface area (Å²) in [5.41, 5.74) is 1.58. The number of aryl methyl sites for hydroxylation is 1. The molecule has 1 fully saturated rings. The van der Waals surface area contributed by atoms with Gasteiger partial charge in [0.05, 0.1) is 14.2 Å². The molecule has 1 aliphatic heterocycles. The van der Waals surface area contributed by atoms with Crippen molar-refractivity contribution >= 4 is 17.7 Å². The largest absolute Gasteiger partial charge is 0.497 e. The number of ether oxygens (including phenoxy) is 2. The SMILES string of the molecule is COC(=O)CCCC(=O)N1CCC[C@H](C(=O)c2ccc(OC)cc2C)C1. The number of nitrogens with zero attached hydrogens (tertiary/aromatic N) is 1. The van der Waals surface area contributed by atoms with E-state index in [1.807, 2.05) is 13.0 Å². The number of benzene rings is 1. The lowest BCUT2D eigenvalue weighted by Gasteiger charge is -2.32. The molecule has 1 aliphatic rings. The van der Waals surface area contributed by atoms with Crippen LogP contribution in [0.1, 0.15) is 48.0 Å². The Kier molecular flexibility index (Phi) is 7.18. The van der Waals surface area contributed by atoms with E-state index in [0.29, 0.717) is 31.5 Å². The lowest BCUT2D eigenvalue weighted by atomic mass is 9.88. The van der Waals surface area contributed by atoms with Crippen molar-refractivity contribution in [2.24, 2.45) is 5.92 Å². The predicted molar refractivity (Wildman–Crippen MR) is 97.2 cm³/mol. The summed E-state index contributed by atoms with van der Waals surface area (Å²) in [7, 11) is 2.94. The van der Waals surface area contributed by atoms with Gasteiger partial charge in [-0.2, -0.15) is 0 Å². The van der Waals surface area contributed by atoms with E-state index in [9.17, 15) is 14.4 Å². The molecule has 0 radical (unpaired) electrons. The Bertz CT molecular complexity index is 670. The van der Waals surface area contributed by atoms with Gasteiger partial charge < -0.3 is 14.4 Å². The summed E-state index contributed by atoms with van der Waals surface area (Å²) >= 11 is 0. The Labute approximate surface area is 154 Å². The Morgan fingerprint density at radius 2 is 1.96 bits per heavy atom. The first-order valence-corrected chi connectivity index (χ1v) is 8.99. The standard InChI is InChI=1S/C20H27NO5/c1-14-12-16(25-2)9-10-17(14)20(24)15-6-5-11-21(13-15)18(22)7-4-8-19(23)26-3/h9-10,12,15H,4-8,11,13H2,1-3H3/t15-/m0/s1. The zero-order valence-corrected chi connectivity index (χ0v) is 15.7. The number of likely N-dealkylation sites (tertiary alicyclic amines) is 1. The molecule has 142 valence electrons. The molecule has 0 bridgehead atoms. The van der Waals surface area contributed by atoms with Gasteiger partial charge in [-0.1, -0.05) is 0 Å². The summed E-state index contributed by atoms with van der Waals surface area (Å²) in [6, 6.07) is 5.44. The minimum atomic E-state index is -0.306. The second-order valence-corrected chi connectivity index (χ2v) is 6.65. The molecule has 0 N–H and O–H groups in total. The number of methoxy groups -OCH3 is 2. The molecule has 0 unspecified atom stereocenters. The van der Waals surface area contributed by atoms with Crippen LogP contribution in [-0.4, -0.2) is 49.9 Å². The number of piperidine rings is 1. The van der Waals surface area contributed by atoms with Gasteiger partial charge in [-0.15, -0.1) is 0 Å². The van der Waals surface area contributed by atoms with Gasteiger partial charge >= 0.3 is 5.97 Å². The first-order valence-electron chi connectivity index (χ1n) is 8.99. The maximum atomic E-state index is 12.9. The minimum Gasteiger partial charge on any atom is -0.497 e. The van der Waals surface area contributed by atoms with Gasteiger partial charge in [0.1, 0.15) is 5.75 Å². The topological polar surface area (TPSA) is 72.9 Å². The molecule has 2 rings (SSSR count). The van der Waals surface area contributed by atoms with Crippen LogP contribution in [0.25, 0.3) is 0 Å². The van der Waals surface area contributed by atoms with E-state index in [-0.39, 0.29) is 30.0 Å². The number of esters is 1. The van der Waals surface area contributed by atoms with Gasteiger partial charge in [-0.25, -0.2) is 0 Å². The first-order chi connectivity index (χ1) is 12.5. The van der Waals surface area contributed by atoms with Crippen LogP contribution in [0.4, 0.5) is 0 Å². The molecule has 6 nitrogen and oxygen atoms in total. The summed E-state index contributed by atoms with van der Waals surface area (Å²) in [6.45, 7) is 3.01. The van der Waals surface area contributed by atoms with E-state index in [2.05, 4.69) is 4.74 Å². The molecule has 1 amide bonds. The number of rotatable bonds is 7. The van der Waals surface area contributed by atoms with Crippen LogP contribution in [0.15, 0.2) is 18.2 Å². The molecular weight excluding hydrogens is 334 g/mol. The van der Waals surface area contributed by atoms with Crippen LogP contribution in [-0.2, 0) is 14.3 Å². The van der Waals surface area contributed by atoms with Crippen molar-refractivity contribution in [3.8, 4) is 5.75 Å². The number of carbonyl (C=O) groups is 3. The fourth-order valence-corrected chi connectivity index (χ4v) is 3.32. The van der Waals surface area contributed by atoms with Crippen molar-refractivity contribution in [3.05, 3.63) is 29.3 Å². The second kappa shape index (κ2) is 9.36. The molecule has 0 saturated carbocycles. The van der Waals surface area contributed by atoms with Crippen molar-refractivity contribution in [3.63, 3.8) is 0 Å². The highest BCUT2D eigenvalue weighted by atomic mass is 16.5. The molecule has 0 aliphatic carbocycles. The lowest BCUT2D eigenvalue weighted by molar-refractivity contribution is -0.141. The third-order valence-corrected chi connectivity index (χ3v) is 4.84. The van der Waals surface area contributed by atoms with Gasteiger partial charge in [0.25, 0.3) is 0 Å². The van der Waals surface area contributed by atoms with Crippen LogP contribution >= 0.6 is 0 Å². The van der Waals surface area contributed by atoms with Gasteiger partial charge in [0.2, 0.25) is 5.91 Å². The summed E-state index contributed by atoms with van der Waals surface area (Å²) < 4.78 is 9.77. The predicted octanol–water partition coefficient (Wildman–Crippen LogP) is 2.77. The van der Waals surface area contributed by atoms with Crippen LogP contribution in [0, 0.1) is 12.8 Å². The third-order valence-electron chi connectivity index (χ3n) is 4.84. The fraction of sp³-hybridized carbons (Fsp3) is 0.550. The van der Waals surface area contributed by atoms with E-state index in [4.69, 9.17) is 4.74 Å². The van der Waals surface area contributed by atoms with E-state index >= 15 is 0 Å². The van der Waals surface area contributed by atoms with Crippen molar-refractivity contribution in [1.29, 1.82) is 0 Å². The highest BCUT2D eigenvalue weighted by Gasteiger charge is 2.29. The fourth-order valence-electron chi connectivity index (χ4n) is 3.32. The molecule has 6 heteroatoms. The van der Waals surface area contributed by atoms with Gasteiger partial charge in [0, 0.05) is 37.4 Å². The molecular formula is C20H27NO5. The Hall–Kier alpha value is -2.37. The number of carbonyl (C=O) groups excluding carboxylic acids is 3. The second-order valence-electron chi connectivity index (χ2n) is 6.65. The Balaban J connectivity index is 1.95. The van der Waals surface area contributed by atoms with Crippen molar-refractivity contribution < 1.29 is 23.9 Å². The summed E-state index contributed by atoms with van der Waals surface area (Å²) in [6.07, 6.45) is 2.61. The monoisotopic (exact) mass is 361 g/mol. The molecule has 26 heavy (non-hydrogen) atoms. The number of amides is 1. The molecule has 1 atom stereocenters. The number of hydrogen-bond acceptors (Lipinski definition) is 5. The maximum absolute atomic E-state index is 12.9. The maximum Gasteiger partial charge on any atom is 0.305 e. The smallest absolute Gasteiger partial charge is 0.305 e. The van der Waals surface area contributed by atoms with Crippen LogP contribution < -0.4 is 4.74 Å². The average molecular weight is 361 g/mol. The van der Waals surface area contributed by atoms with E-state index < -0.39 is 0 Å². The summed E-state index contributed by atoms with van der Waals surface area (Å²) in [4.78, 5) is 38.2. The zero-order chi connectivity index (χ0) is 19.1. The Morgan fingerprint density at radius 3 is 2.62 bits per heavy atom. The summed E-state index contributed by atoms with van der Waals surface area (Å²) in [5, 5.41) is 0. The zero-order valence-electron chi connectivity index (χ0n) is 15.7. The van der Waals surface area contributed by atoms with Crippen molar-refractivity contribution in [1.82, 2.24) is 4.90 Å². The Morgan fingerprint density at radius 1 is 1.19 bits per heavy atom. The average Bonchev–Trinajstić information content (AvgIpc) is 2.67. The van der Waals surface area contributed by atoms with Crippen molar-refractivity contribution in [2.45, 2.75) is 39.0 Å². The molecule has 0 spiro atoms. The minimum absolute atomic E-state index is 0.00199.